The SMILES string of the molecule is Cc1nn(CC(C)C)c(C)c1CC(=O)Nc1ccc(NCc2ccccc2)c(Cl)c1. The smallest absolute Gasteiger partial charge is 0.228 e. The van der Waals surface area contributed by atoms with Crippen LogP contribution in [0.2, 0.25) is 5.02 Å². The predicted molar refractivity (Wildman–Crippen MR) is 124 cm³/mol. The van der Waals surface area contributed by atoms with Crippen molar-refractivity contribution in [1.82, 2.24) is 9.78 Å². The van der Waals surface area contributed by atoms with Gasteiger partial charge in [0.2, 0.25) is 5.91 Å². The van der Waals surface area contributed by atoms with Crippen molar-refractivity contribution in [2.75, 3.05) is 10.6 Å². The Morgan fingerprint density at radius 1 is 1.13 bits per heavy atom. The second-order valence-corrected chi connectivity index (χ2v) is 8.39. The summed E-state index contributed by atoms with van der Waals surface area (Å²) in [6, 6.07) is 15.6. The first-order valence-electron chi connectivity index (χ1n) is 10.2. The molecule has 0 aliphatic rings. The second-order valence-electron chi connectivity index (χ2n) is 7.98. The first-order valence-corrected chi connectivity index (χ1v) is 10.6. The first-order chi connectivity index (χ1) is 14.3. The van der Waals surface area contributed by atoms with Crippen LogP contribution in [0.4, 0.5) is 11.4 Å². The van der Waals surface area contributed by atoms with Gasteiger partial charge >= 0.3 is 0 Å². The summed E-state index contributed by atoms with van der Waals surface area (Å²) in [6.45, 7) is 9.83. The lowest BCUT2D eigenvalue weighted by Gasteiger charge is -2.11. The molecule has 0 bridgehead atoms. The Morgan fingerprint density at radius 2 is 1.87 bits per heavy atom. The van der Waals surface area contributed by atoms with Gasteiger partial charge < -0.3 is 10.6 Å². The highest BCUT2D eigenvalue weighted by Gasteiger charge is 2.16. The van der Waals surface area contributed by atoms with Gasteiger partial charge in [-0.3, -0.25) is 9.48 Å². The van der Waals surface area contributed by atoms with Gasteiger partial charge in [-0.1, -0.05) is 55.8 Å². The van der Waals surface area contributed by atoms with Crippen LogP contribution in [0.1, 0.15) is 36.4 Å². The van der Waals surface area contributed by atoms with E-state index in [1.54, 1.807) is 6.07 Å². The van der Waals surface area contributed by atoms with Crippen LogP contribution < -0.4 is 10.6 Å². The molecule has 2 N–H and O–H groups in total. The maximum absolute atomic E-state index is 12.6. The van der Waals surface area contributed by atoms with Crippen molar-refractivity contribution in [3.63, 3.8) is 0 Å². The molecule has 0 saturated heterocycles. The molecule has 30 heavy (non-hydrogen) atoms. The minimum absolute atomic E-state index is 0.0774. The molecule has 0 atom stereocenters. The summed E-state index contributed by atoms with van der Waals surface area (Å²) >= 11 is 6.41. The molecule has 1 heterocycles. The van der Waals surface area contributed by atoms with Gasteiger partial charge in [0.05, 0.1) is 22.8 Å². The number of nitrogens with zero attached hydrogens (tertiary/aromatic N) is 2. The lowest BCUT2D eigenvalue weighted by atomic mass is 10.1. The molecule has 0 fully saturated rings. The average molecular weight is 425 g/mol. The lowest BCUT2D eigenvalue weighted by Crippen LogP contribution is -2.15. The van der Waals surface area contributed by atoms with Crippen LogP contribution in [0.25, 0.3) is 0 Å². The number of aromatic nitrogens is 2. The van der Waals surface area contributed by atoms with Gasteiger partial charge in [0, 0.05) is 30.0 Å². The number of anilines is 2. The number of aryl methyl sites for hydroxylation is 1. The van der Waals surface area contributed by atoms with Gasteiger partial charge in [-0.2, -0.15) is 5.10 Å². The Balaban J connectivity index is 1.62. The molecule has 1 aromatic heterocycles. The molecular formula is C24H29ClN4O. The maximum Gasteiger partial charge on any atom is 0.228 e. The molecule has 2 aromatic carbocycles. The topological polar surface area (TPSA) is 59.0 Å². The highest BCUT2D eigenvalue weighted by Crippen LogP contribution is 2.26. The molecule has 0 unspecified atom stereocenters. The van der Waals surface area contributed by atoms with Gasteiger partial charge in [0.15, 0.2) is 0 Å². The molecule has 0 aliphatic carbocycles. The molecule has 5 nitrogen and oxygen atoms in total. The second kappa shape index (κ2) is 9.81. The highest BCUT2D eigenvalue weighted by atomic mass is 35.5. The van der Waals surface area contributed by atoms with Gasteiger partial charge in [-0.05, 0) is 43.5 Å². The number of hydrogen-bond acceptors (Lipinski definition) is 3. The molecule has 0 saturated carbocycles. The molecule has 6 heteroatoms. The monoisotopic (exact) mass is 424 g/mol. The normalized spacial score (nSPS) is 11.0. The molecular weight excluding hydrogens is 396 g/mol. The van der Waals surface area contributed by atoms with E-state index < -0.39 is 0 Å². The fraction of sp³-hybridized carbons (Fsp3) is 0.333. The molecule has 0 aliphatic heterocycles. The van der Waals surface area contributed by atoms with Crippen LogP contribution in [0.15, 0.2) is 48.5 Å². The third-order valence-corrected chi connectivity index (χ3v) is 5.30. The Labute approximate surface area is 183 Å². The first kappa shape index (κ1) is 21.9. The van der Waals surface area contributed by atoms with E-state index in [-0.39, 0.29) is 5.91 Å². The largest absolute Gasteiger partial charge is 0.380 e. The van der Waals surface area contributed by atoms with E-state index in [9.17, 15) is 4.79 Å². The van der Waals surface area contributed by atoms with E-state index in [0.717, 1.165) is 29.2 Å². The Bertz CT molecular complexity index is 1010. The van der Waals surface area contributed by atoms with Crippen LogP contribution in [-0.2, 0) is 24.3 Å². The van der Waals surface area contributed by atoms with Crippen LogP contribution in [0, 0.1) is 19.8 Å². The van der Waals surface area contributed by atoms with E-state index in [0.29, 0.717) is 29.6 Å². The van der Waals surface area contributed by atoms with Crippen LogP contribution in [-0.4, -0.2) is 15.7 Å². The van der Waals surface area contributed by atoms with Gasteiger partial charge in [0.1, 0.15) is 0 Å². The number of carbonyl (C=O) groups excluding carboxylic acids is 1. The zero-order valence-corrected chi connectivity index (χ0v) is 18.8. The fourth-order valence-corrected chi connectivity index (χ4v) is 3.66. The summed E-state index contributed by atoms with van der Waals surface area (Å²) < 4.78 is 1.99. The zero-order valence-electron chi connectivity index (χ0n) is 18.0. The minimum atomic E-state index is -0.0774. The van der Waals surface area contributed by atoms with Gasteiger partial charge in [-0.15, -0.1) is 0 Å². The van der Waals surface area contributed by atoms with Crippen LogP contribution >= 0.6 is 11.6 Å². The number of hydrogen-bond donors (Lipinski definition) is 2. The molecule has 3 aromatic rings. The van der Waals surface area contributed by atoms with E-state index >= 15 is 0 Å². The van der Waals surface area contributed by atoms with Crippen molar-refractivity contribution in [3.05, 3.63) is 76.1 Å². The fourth-order valence-electron chi connectivity index (χ4n) is 3.41. The summed E-state index contributed by atoms with van der Waals surface area (Å²) in [5.74, 6) is 0.423. The van der Waals surface area contributed by atoms with Crippen molar-refractivity contribution >= 4 is 28.9 Å². The van der Waals surface area contributed by atoms with E-state index in [4.69, 9.17) is 11.6 Å². The predicted octanol–water partition coefficient (Wildman–Crippen LogP) is 5.60. The molecule has 1 amide bonds. The Kier molecular flexibility index (Phi) is 7.16. The van der Waals surface area contributed by atoms with Gasteiger partial charge in [-0.25, -0.2) is 0 Å². The number of halogens is 1. The van der Waals surface area contributed by atoms with Crippen LogP contribution in [0.3, 0.4) is 0 Å². The summed E-state index contributed by atoms with van der Waals surface area (Å²) in [6.07, 6.45) is 0.293. The van der Waals surface area contributed by atoms with Crippen molar-refractivity contribution < 1.29 is 4.79 Å². The van der Waals surface area contributed by atoms with E-state index in [1.807, 2.05) is 48.9 Å². The molecule has 3 rings (SSSR count). The Hall–Kier alpha value is -2.79. The molecule has 158 valence electrons. The summed E-state index contributed by atoms with van der Waals surface area (Å²) in [4.78, 5) is 12.6. The summed E-state index contributed by atoms with van der Waals surface area (Å²) in [5, 5.41) is 11.4. The third-order valence-electron chi connectivity index (χ3n) is 4.99. The summed E-state index contributed by atoms with van der Waals surface area (Å²) in [7, 11) is 0. The standard InChI is InChI=1S/C24H29ClN4O/c1-16(2)15-29-18(4)21(17(3)28-29)13-24(30)27-20-10-11-23(22(25)12-20)26-14-19-8-6-5-7-9-19/h5-12,16,26H,13-15H2,1-4H3,(H,27,30). The average Bonchev–Trinajstić information content (AvgIpc) is 2.95. The van der Waals surface area contributed by atoms with E-state index in [1.165, 1.54) is 5.56 Å². The quantitative estimate of drug-likeness (QED) is 0.494. The Morgan fingerprint density at radius 3 is 2.53 bits per heavy atom. The highest BCUT2D eigenvalue weighted by molar-refractivity contribution is 6.33. The molecule has 0 radical (unpaired) electrons. The van der Waals surface area contributed by atoms with Crippen LogP contribution in [0.5, 0.6) is 0 Å². The third kappa shape index (κ3) is 5.63. The molecule has 0 spiro atoms. The van der Waals surface area contributed by atoms with Crippen molar-refractivity contribution in [2.24, 2.45) is 5.92 Å². The minimum Gasteiger partial charge on any atom is -0.380 e. The maximum atomic E-state index is 12.6. The number of amides is 1. The number of rotatable bonds is 8. The van der Waals surface area contributed by atoms with Crippen molar-refractivity contribution in [1.29, 1.82) is 0 Å². The lowest BCUT2D eigenvalue weighted by molar-refractivity contribution is -0.115. The number of benzene rings is 2. The van der Waals surface area contributed by atoms with Crippen molar-refractivity contribution in [2.45, 2.75) is 47.2 Å². The summed E-state index contributed by atoms with van der Waals surface area (Å²) in [5.41, 5.74) is 5.63. The van der Waals surface area contributed by atoms with Gasteiger partial charge in [0.25, 0.3) is 0 Å². The van der Waals surface area contributed by atoms with Crippen molar-refractivity contribution in [3.8, 4) is 0 Å². The van der Waals surface area contributed by atoms with E-state index in [2.05, 4.69) is 41.7 Å². The number of nitrogens with one attached hydrogen (secondary N) is 2. The number of carbonyl (C=O) groups is 1. The zero-order chi connectivity index (χ0) is 21.7.